The van der Waals surface area contributed by atoms with Crippen molar-refractivity contribution in [3.8, 4) is 5.75 Å². The average Bonchev–Trinajstić information content (AvgIpc) is 2.45. The first kappa shape index (κ1) is 18.8. The zero-order chi connectivity index (χ0) is 15.2. The fraction of sp³-hybridized carbons (Fsp3) is 0.429. The van der Waals surface area contributed by atoms with E-state index >= 15 is 0 Å². The lowest BCUT2D eigenvalue weighted by Crippen LogP contribution is -2.41. The molecule has 0 aliphatic carbocycles. The molecule has 1 aromatic rings. The zero-order valence-electron chi connectivity index (χ0n) is 12.3. The van der Waals surface area contributed by atoms with Crippen molar-refractivity contribution in [2.45, 2.75) is 25.3 Å². The first-order valence-electron chi connectivity index (χ1n) is 6.78. The van der Waals surface area contributed by atoms with Crippen molar-refractivity contribution >= 4 is 53.1 Å². The molecule has 1 aliphatic rings. The van der Waals surface area contributed by atoms with Gasteiger partial charge < -0.3 is 21.1 Å². The van der Waals surface area contributed by atoms with E-state index in [-0.39, 0.29) is 41.9 Å². The summed E-state index contributed by atoms with van der Waals surface area (Å²) in [6.45, 7) is 0.467. The Kier molecular flexibility index (Phi) is 7.74. The molecule has 0 saturated carbocycles. The molecule has 0 aromatic heterocycles. The Labute approximate surface area is 151 Å². The third-order valence-corrected chi connectivity index (χ3v) is 3.52. The number of carbonyl (C=O) groups is 1. The lowest BCUT2D eigenvalue weighted by atomic mass is 10.0. The summed E-state index contributed by atoms with van der Waals surface area (Å²) in [6.07, 6.45) is 2.42. The number of carbonyl (C=O) groups excluding carboxylic acids is 1. The van der Waals surface area contributed by atoms with Gasteiger partial charge in [0.1, 0.15) is 5.75 Å². The smallest absolute Gasteiger partial charge is 0.220 e. The fourth-order valence-corrected chi connectivity index (χ4v) is 2.42. The molecule has 1 amide bonds. The molecule has 0 radical (unpaired) electrons. The number of hydrogen-bond acceptors (Lipinski definition) is 3. The third kappa shape index (κ3) is 5.53. The van der Waals surface area contributed by atoms with E-state index in [2.05, 4.69) is 15.6 Å². The number of anilines is 1. The molecular formula is C14H20ClIN4O2. The van der Waals surface area contributed by atoms with Crippen LogP contribution in [0.2, 0.25) is 5.02 Å². The van der Waals surface area contributed by atoms with Gasteiger partial charge in [-0.2, -0.15) is 0 Å². The topological polar surface area (TPSA) is 88.7 Å². The largest absolute Gasteiger partial charge is 0.495 e. The van der Waals surface area contributed by atoms with E-state index in [0.29, 0.717) is 23.7 Å². The number of halogens is 2. The summed E-state index contributed by atoms with van der Waals surface area (Å²) in [5, 5.41) is 6.35. The lowest BCUT2D eigenvalue weighted by molar-refractivity contribution is -0.123. The van der Waals surface area contributed by atoms with Crippen molar-refractivity contribution in [3.05, 3.63) is 23.2 Å². The molecule has 6 nitrogen and oxygen atoms in total. The van der Waals surface area contributed by atoms with E-state index < -0.39 is 0 Å². The van der Waals surface area contributed by atoms with Crippen LogP contribution in [-0.4, -0.2) is 31.6 Å². The molecule has 122 valence electrons. The highest BCUT2D eigenvalue weighted by Crippen LogP contribution is 2.27. The summed E-state index contributed by atoms with van der Waals surface area (Å²) in [5.41, 5.74) is 6.56. The summed E-state index contributed by atoms with van der Waals surface area (Å²) >= 11 is 6.03. The van der Waals surface area contributed by atoms with Crippen LogP contribution in [-0.2, 0) is 4.79 Å². The van der Waals surface area contributed by atoms with Crippen LogP contribution in [0.5, 0.6) is 5.75 Å². The molecule has 1 aliphatic heterocycles. The van der Waals surface area contributed by atoms with E-state index in [9.17, 15) is 4.79 Å². The zero-order valence-corrected chi connectivity index (χ0v) is 15.4. The number of nitrogens with two attached hydrogens (primary N) is 1. The van der Waals surface area contributed by atoms with Gasteiger partial charge in [0.15, 0.2) is 5.96 Å². The summed E-state index contributed by atoms with van der Waals surface area (Å²) < 4.78 is 5.08. The fourth-order valence-electron chi connectivity index (χ4n) is 2.16. The Morgan fingerprint density at radius 2 is 2.36 bits per heavy atom. The summed E-state index contributed by atoms with van der Waals surface area (Å²) in [5.74, 6) is 0.966. The quantitative estimate of drug-likeness (QED) is 0.382. The molecule has 4 N–H and O–H groups in total. The van der Waals surface area contributed by atoms with Gasteiger partial charge in [0.25, 0.3) is 0 Å². The SMILES string of the molecule is COc1ccc(NC(N)=NCC2CCCC(=O)N2)cc1Cl.I. The lowest BCUT2D eigenvalue weighted by Gasteiger charge is -2.21. The van der Waals surface area contributed by atoms with Gasteiger partial charge in [0.05, 0.1) is 18.7 Å². The minimum Gasteiger partial charge on any atom is -0.495 e. The predicted octanol–water partition coefficient (Wildman–Crippen LogP) is 2.36. The number of aliphatic imine (C=N–C) groups is 1. The molecule has 22 heavy (non-hydrogen) atoms. The van der Waals surface area contributed by atoms with Crippen molar-refractivity contribution in [2.75, 3.05) is 19.0 Å². The van der Waals surface area contributed by atoms with E-state index in [1.807, 2.05) is 0 Å². The highest BCUT2D eigenvalue weighted by Gasteiger charge is 2.17. The third-order valence-electron chi connectivity index (χ3n) is 3.23. The Morgan fingerprint density at radius 1 is 1.59 bits per heavy atom. The number of rotatable bonds is 4. The molecule has 1 atom stereocenters. The maximum Gasteiger partial charge on any atom is 0.220 e. The van der Waals surface area contributed by atoms with E-state index in [0.717, 1.165) is 18.5 Å². The predicted molar refractivity (Wildman–Crippen MR) is 99.3 cm³/mol. The number of piperidine rings is 1. The average molecular weight is 439 g/mol. The van der Waals surface area contributed by atoms with Crippen LogP contribution >= 0.6 is 35.6 Å². The second kappa shape index (κ2) is 9.04. The van der Waals surface area contributed by atoms with Gasteiger partial charge in [-0.25, -0.2) is 0 Å². The van der Waals surface area contributed by atoms with Crippen LogP contribution in [0.25, 0.3) is 0 Å². The van der Waals surface area contributed by atoms with Gasteiger partial charge >= 0.3 is 0 Å². The summed E-state index contributed by atoms with van der Waals surface area (Å²) in [4.78, 5) is 15.5. The molecule has 1 fully saturated rings. The first-order chi connectivity index (χ1) is 10.1. The number of methoxy groups -OCH3 is 1. The molecule has 1 unspecified atom stereocenters. The Morgan fingerprint density at radius 3 is 3.00 bits per heavy atom. The maximum absolute atomic E-state index is 11.3. The van der Waals surface area contributed by atoms with E-state index in [1.165, 1.54) is 0 Å². The van der Waals surface area contributed by atoms with Crippen molar-refractivity contribution in [1.82, 2.24) is 5.32 Å². The molecule has 1 heterocycles. The Bertz CT molecular complexity index is 554. The van der Waals surface area contributed by atoms with Crippen LogP contribution in [0.3, 0.4) is 0 Å². The Hall–Kier alpha value is -1.22. The summed E-state index contributed by atoms with van der Waals surface area (Å²) in [6, 6.07) is 5.32. The minimum absolute atomic E-state index is 0. The minimum atomic E-state index is 0. The number of guanidine groups is 1. The molecule has 1 saturated heterocycles. The second-order valence-corrected chi connectivity index (χ2v) is 5.26. The van der Waals surface area contributed by atoms with Crippen LogP contribution in [0.15, 0.2) is 23.2 Å². The normalized spacial score (nSPS) is 18.2. The number of ether oxygens (including phenoxy) is 1. The molecule has 0 bridgehead atoms. The molecule has 0 spiro atoms. The van der Waals surface area contributed by atoms with Gasteiger partial charge in [-0.3, -0.25) is 9.79 Å². The van der Waals surface area contributed by atoms with E-state index in [4.69, 9.17) is 22.1 Å². The number of nitrogens with zero attached hydrogens (tertiary/aromatic N) is 1. The van der Waals surface area contributed by atoms with E-state index in [1.54, 1.807) is 25.3 Å². The monoisotopic (exact) mass is 438 g/mol. The number of hydrogen-bond donors (Lipinski definition) is 3. The van der Waals surface area contributed by atoms with Crippen molar-refractivity contribution < 1.29 is 9.53 Å². The molecule has 1 aromatic carbocycles. The molecule has 8 heteroatoms. The molecule has 2 rings (SSSR count). The second-order valence-electron chi connectivity index (χ2n) is 4.86. The van der Waals surface area contributed by atoms with Crippen LogP contribution in [0.1, 0.15) is 19.3 Å². The first-order valence-corrected chi connectivity index (χ1v) is 7.16. The van der Waals surface area contributed by atoms with Crippen LogP contribution in [0, 0.1) is 0 Å². The highest BCUT2D eigenvalue weighted by atomic mass is 127. The highest BCUT2D eigenvalue weighted by molar-refractivity contribution is 14.0. The molecular weight excluding hydrogens is 419 g/mol. The van der Waals surface area contributed by atoms with Crippen LogP contribution < -0.4 is 21.1 Å². The van der Waals surface area contributed by atoms with Crippen molar-refractivity contribution in [3.63, 3.8) is 0 Å². The van der Waals surface area contributed by atoms with Gasteiger partial charge in [-0.15, -0.1) is 24.0 Å². The van der Waals surface area contributed by atoms with Crippen LogP contribution in [0.4, 0.5) is 5.69 Å². The van der Waals surface area contributed by atoms with Crippen molar-refractivity contribution in [2.24, 2.45) is 10.7 Å². The number of amides is 1. The van der Waals surface area contributed by atoms with Gasteiger partial charge in [0, 0.05) is 18.2 Å². The van der Waals surface area contributed by atoms with Gasteiger partial charge in [-0.05, 0) is 31.0 Å². The van der Waals surface area contributed by atoms with Gasteiger partial charge in [-0.1, -0.05) is 11.6 Å². The Balaban J connectivity index is 0.00000242. The number of benzene rings is 1. The van der Waals surface area contributed by atoms with Crippen molar-refractivity contribution in [1.29, 1.82) is 0 Å². The van der Waals surface area contributed by atoms with Gasteiger partial charge in [0.2, 0.25) is 5.91 Å². The maximum atomic E-state index is 11.3. The summed E-state index contributed by atoms with van der Waals surface area (Å²) in [7, 11) is 1.56. The standard InChI is InChI=1S/C14H19ClN4O2.HI/c1-21-12-6-5-9(7-11(12)15)19-14(16)17-8-10-3-2-4-13(20)18-10;/h5-7,10H,2-4,8H2,1H3,(H,18,20)(H3,16,17,19);1H. The number of nitrogens with one attached hydrogen (secondary N) is 2.